The molecule has 6 nitrogen and oxygen atoms in total. The number of nitrogens with one attached hydrogen (secondary N) is 2. The number of carbonyl (C=O) groups excluding carboxylic acids is 1. The van der Waals surface area contributed by atoms with Crippen molar-refractivity contribution in [3.8, 4) is 0 Å². The van der Waals surface area contributed by atoms with Crippen LogP contribution in [0, 0.1) is 0 Å². The van der Waals surface area contributed by atoms with Crippen molar-refractivity contribution in [1.29, 1.82) is 0 Å². The largest absolute Gasteiger partial charge is 0.325 e. The van der Waals surface area contributed by atoms with Gasteiger partial charge in [0.2, 0.25) is 5.91 Å². The van der Waals surface area contributed by atoms with Gasteiger partial charge in [-0.15, -0.1) is 23.1 Å². The molecule has 0 saturated carbocycles. The van der Waals surface area contributed by atoms with E-state index in [0.717, 1.165) is 16.2 Å². The van der Waals surface area contributed by atoms with Crippen LogP contribution in [0.4, 0.5) is 11.4 Å². The lowest BCUT2D eigenvalue weighted by Crippen LogP contribution is -2.22. The molecule has 0 aliphatic heterocycles. The SMILES string of the molecule is CC(Sc1ccc(NS(=O)(=O)c2cccs2)cc1)C(=O)Nc1ccncc1. The van der Waals surface area contributed by atoms with Crippen molar-refractivity contribution < 1.29 is 13.2 Å². The van der Waals surface area contributed by atoms with Gasteiger partial charge >= 0.3 is 0 Å². The molecular formula is C18H17N3O3S3. The summed E-state index contributed by atoms with van der Waals surface area (Å²) in [4.78, 5) is 17.0. The van der Waals surface area contributed by atoms with Gasteiger partial charge in [-0.1, -0.05) is 6.07 Å². The molecule has 0 radical (unpaired) electrons. The third-order valence-corrected chi connectivity index (χ3v) is 7.39. The van der Waals surface area contributed by atoms with Crippen LogP contribution in [0.25, 0.3) is 0 Å². The van der Waals surface area contributed by atoms with Gasteiger partial charge in [0, 0.05) is 28.7 Å². The molecule has 0 spiro atoms. The van der Waals surface area contributed by atoms with Crippen molar-refractivity contribution >= 4 is 50.4 Å². The molecule has 0 fully saturated rings. The summed E-state index contributed by atoms with van der Waals surface area (Å²) < 4.78 is 27.3. The fourth-order valence-electron chi connectivity index (χ4n) is 2.16. The molecule has 0 aliphatic carbocycles. The first-order valence-corrected chi connectivity index (χ1v) is 11.2. The van der Waals surface area contributed by atoms with Crippen LogP contribution >= 0.6 is 23.1 Å². The zero-order chi connectivity index (χ0) is 19.3. The number of rotatable bonds is 7. The maximum Gasteiger partial charge on any atom is 0.271 e. The average Bonchev–Trinajstić information content (AvgIpc) is 3.20. The Bertz CT molecular complexity index is 989. The zero-order valence-electron chi connectivity index (χ0n) is 14.3. The van der Waals surface area contributed by atoms with Crippen LogP contribution in [0.3, 0.4) is 0 Å². The van der Waals surface area contributed by atoms with E-state index in [2.05, 4.69) is 15.0 Å². The molecule has 3 aromatic rings. The van der Waals surface area contributed by atoms with Crippen LogP contribution < -0.4 is 10.0 Å². The van der Waals surface area contributed by atoms with E-state index in [4.69, 9.17) is 0 Å². The Hall–Kier alpha value is -2.36. The van der Waals surface area contributed by atoms with Gasteiger partial charge in [0.15, 0.2) is 0 Å². The molecule has 0 bridgehead atoms. The lowest BCUT2D eigenvalue weighted by atomic mass is 10.3. The highest BCUT2D eigenvalue weighted by Crippen LogP contribution is 2.27. The van der Waals surface area contributed by atoms with Crippen molar-refractivity contribution in [2.75, 3.05) is 10.0 Å². The Balaban J connectivity index is 1.59. The monoisotopic (exact) mass is 419 g/mol. The van der Waals surface area contributed by atoms with E-state index in [1.165, 1.54) is 11.8 Å². The highest BCUT2D eigenvalue weighted by molar-refractivity contribution is 8.00. The molecular weight excluding hydrogens is 402 g/mol. The fraction of sp³-hybridized carbons (Fsp3) is 0.111. The van der Waals surface area contributed by atoms with E-state index in [-0.39, 0.29) is 15.4 Å². The summed E-state index contributed by atoms with van der Waals surface area (Å²) >= 11 is 2.55. The Morgan fingerprint density at radius 3 is 2.41 bits per heavy atom. The minimum atomic E-state index is -3.56. The predicted octanol–water partition coefficient (Wildman–Crippen LogP) is 4.06. The summed E-state index contributed by atoms with van der Waals surface area (Å²) in [7, 11) is -3.56. The van der Waals surface area contributed by atoms with Crippen LogP contribution in [0.5, 0.6) is 0 Å². The topological polar surface area (TPSA) is 88.2 Å². The number of nitrogens with zero attached hydrogens (tertiary/aromatic N) is 1. The molecule has 140 valence electrons. The molecule has 1 aromatic carbocycles. The Morgan fingerprint density at radius 1 is 1.07 bits per heavy atom. The van der Waals surface area contributed by atoms with Crippen LogP contribution in [0.1, 0.15) is 6.92 Å². The van der Waals surface area contributed by atoms with Gasteiger partial charge in [0.05, 0.1) is 5.25 Å². The van der Waals surface area contributed by atoms with Gasteiger partial charge in [0.1, 0.15) is 4.21 Å². The summed E-state index contributed by atoms with van der Waals surface area (Å²) in [5, 5.41) is 4.23. The number of anilines is 2. The van der Waals surface area contributed by atoms with Crippen molar-refractivity contribution in [2.45, 2.75) is 21.3 Å². The normalized spacial score (nSPS) is 12.3. The number of thiophene rings is 1. The number of hydrogen-bond acceptors (Lipinski definition) is 6. The molecule has 0 aliphatic rings. The summed E-state index contributed by atoms with van der Waals surface area (Å²) in [5.74, 6) is -0.117. The summed E-state index contributed by atoms with van der Waals surface area (Å²) in [5.41, 5.74) is 1.17. The molecule has 1 unspecified atom stereocenters. The van der Waals surface area contributed by atoms with E-state index < -0.39 is 10.0 Å². The Labute approximate surface area is 166 Å². The standard InChI is InChI=1S/C18H17N3O3S3/c1-13(18(22)20-14-8-10-19-11-9-14)26-16-6-4-15(5-7-16)21-27(23,24)17-3-2-12-25-17/h2-13,21H,1H3,(H,19,20,22). The van der Waals surface area contributed by atoms with Crippen LogP contribution in [-0.2, 0) is 14.8 Å². The maximum atomic E-state index is 12.3. The smallest absolute Gasteiger partial charge is 0.271 e. The van der Waals surface area contributed by atoms with Gasteiger partial charge in [-0.05, 0) is 54.8 Å². The van der Waals surface area contributed by atoms with E-state index in [1.807, 2.05) is 6.92 Å². The number of pyridine rings is 1. The zero-order valence-corrected chi connectivity index (χ0v) is 16.8. The molecule has 2 heterocycles. The molecule has 1 atom stereocenters. The summed E-state index contributed by atoms with van der Waals surface area (Å²) in [6.07, 6.45) is 3.23. The van der Waals surface area contributed by atoms with E-state index in [0.29, 0.717) is 11.4 Å². The van der Waals surface area contributed by atoms with Crippen molar-refractivity contribution in [2.24, 2.45) is 0 Å². The highest BCUT2D eigenvalue weighted by Gasteiger charge is 2.16. The minimum absolute atomic E-state index is 0.117. The number of carbonyl (C=O) groups is 1. The first-order valence-electron chi connectivity index (χ1n) is 7.98. The number of benzene rings is 1. The number of thioether (sulfide) groups is 1. The number of hydrogen-bond donors (Lipinski definition) is 2. The van der Waals surface area contributed by atoms with Crippen molar-refractivity contribution in [1.82, 2.24) is 4.98 Å². The maximum absolute atomic E-state index is 12.3. The summed E-state index contributed by atoms with van der Waals surface area (Å²) in [6, 6.07) is 13.6. The lowest BCUT2D eigenvalue weighted by molar-refractivity contribution is -0.115. The number of amides is 1. The second-order valence-electron chi connectivity index (χ2n) is 5.55. The van der Waals surface area contributed by atoms with E-state index in [9.17, 15) is 13.2 Å². The van der Waals surface area contributed by atoms with Gasteiger partial charge in [-0.3, -0.25) is 14.5 Å². The van der Waals surface area contributed by atoms with E-state index in [1.54, 1.807) is 66.3 Å². The molecule has 3 rings (SSSR count). The van der Waals surface area contributed by atoms with Crippen molar-refractivity contribution in [3.05, 3.63) is 66.3 Å². The third-order valence-electron chi connectivity index (χ3n) is 3.50. The minimum Gasteiger partial charge on any atom is -0.325 e. The highest BCUT2D eigenvalue weighted by atomic mass is 32.2. The first kappa shape index (κ1) is 19.4. The molecule has 27 heavy (non-hydrogen) atoms. The Morgan fingerprint density at radius 2 is 1.78 bits per heavy atom. The molecule has 9 heteroatoms. The lowest BCUT2D eigenvalue weighted by Gasteiger charge is -2.12. The quantitative estimate of drug-likeness (QED) is 0.564. The molecule has 2 N–H and O–H groups in total. The average molecular weight is 420 g/mol. The molecule has 2 aromatic heterocycles. The second kappa shape index (κ2) is 8.55. The van der Waals surface area contributed by atoms with Gasteiger partial charge in [0.25, 0.3) is 10.0 Å². The van der Waals surface area contributed by atoms with Crippen LogP contribution in [0.2, 0.25) is 0 Å². The van der Waals surface area contributed by atoms with Gasteiger partial charge < -0.3 is 5.32 Å². The molecule has 0 saturated heterocycles. The van der Waals surface area contributed by atoms with Crippen LogP contribution in [0.15, 0.2) is 75.4 Å². The van der Waals surface area contributed by atoms with Gasteiger partial charge in [-0.2, -0.15) is 0 Å². The summed E-state index contributed by atoms with van der Waals surface area (Å²) in [6.45, 7) is 1.81. The van der Waals surface area contributed by atoms with Crippen molar-refractivity contribution in [3.63, 3.8) is 0 Å². The van der Waals surface area contributed by atoms with Crippen LogP contribution in [-0.4, -0.2) is 24.6 Å². The van der Waals surface area contributed by atoms with E-state index >= 15 is 0 Å². The second-order valence-corrected chi connectivity index (χ2v) is 9.82. The fourth-order valence-corrected chi connectivity index (χ4v) is 5.08. The number of sulfonamides is 1. The third kappa shape index (κ3) is 5.31. The number of aromatic nitrogens is 1. The molecule has 1 amide bonds. The van der Waals surface area contributed by atoms with Gasteiger partial charge in [-0.25, -0.2) is 8.42 Å². The Kier molecular flexibility index (Phi) is 6.15. The first-order chi connectivity index (χ1) is 12.9. The predicted molar refractivity (Wildman–Crippen MR) is 110 cm³/mol.